The van der Waals surface area contributed by atoms with Crippen molar-refractivity contribution in [3.8, 4) is 5.75 Å². The Balaban J connectivity index is 1.62. The van der Waals surface area contributed by atoms with E-state index in [1.807, 2.05) is 26.0 Å². The van der Waals surface area contributed by atoms with Gasteiger partial charge in [-0.15, -0.1) is 0 Å². The molecule has 1 heterocycles. The molecule has 134 valence electrons. The number of ether oxygens (including phenoxy) is 2. The van der Waals surface area contributed by atoms with Crippen LogP contribution in [-0.4, -0.2) is 30.6 Å². The van der Waals surface area contributed by atoms with Crippen LogP contribution >= 0.6 is 11.3 Å². The number of nitrogens with zero attached hydrogens (tertiary/aromatic N) is 1. The van der Waals surface area contributed by atoms with Crippen molar-refractivity contribution >= 4 is 38.6 Å². The molecule has 0 spiro atoms. The van der Waals surface area contributed by atoms with Crippen LogP contribution in [0.25, 0.3) is 10.2 Å². The minimum Gasteiger partial charge on any atom is -0.497 e. The number of anilines is 1. The first-order valence-corrected chi connectivity index (χ1v) is 8.76. The first-order chi connectivity index (χ1) is 12.5. The van der Waals surface area contributed by atoms with Crippen LogP contribution in [0.1, 0.15) is 21.5 Å². The summed E-state index contributed by atoms with van der Waals surface area (Å²) < 4.78 is 11.1. The largest absolute Gasteiger partial charge is 0.497 e. The van der Waals surface area contributed by atoms with Crippen LogP contribution in [0.15, 0.2) is 36.4 Å². The second-order valence-corrected chi connectivity index (χ2v) is 6.83. The summed E-state index contributed by atoms with van der Waals surface area (Å²) in [6, 6.07) is 10.6. The molecule has 1 aromatic heterocycles. The van der Waals surface area contributed by atoms with E-state index in [4.69, 9.17) is 9.47 Å². The van der Waals surface area contributed by atoms with Gasteiger partial charge in [0.25, 0.3) is 5.91 Å². The smallest absolute Gasteiger partial charge is 0.338 e. The van der Waals surface area contributed by atoms with Crippen LogP contribution in [0.3, 0.4) is 0 Å². The van der Waals surface area contributed by atoms with E-state index < -0.39 is 11.9 Å². The summed E-state index contributed by atoms with van der Waals surface area (Å²) in [5.74, 6) is -0.478. The number of nitrogens with one attached hydrogen (secondary N) is 1. The van der Waals surface area contributed by atoms with Crippen LogP contribution in [0.5, 0.6) is 5.75 Å². The van der Waals surface area contributed by atoms with Crippen molar-refractivity contribution in [3.63, 3.8) is 0 Å². The van der Waals surface area contributed by atoms with Crippen LogP contribution < -0.4 is 10.1 Å². The maximum atomic E-state index is 12.1. The Kier molecular flexibility index (Phi) is 5.18. The number of fused-ring (bicyclic) bond motifs is 1. The van der Waals surface area contributed by atoms with Crippen molar-refractivity contribution in [2.75, 3.05) is 19.0 Å². The first kappa shape index (κ1) is 17.9. The number of methoxy groups -OCH3 is 1. The van der Waals surface area contributed by atoms with E-state index in [2.05, 4.69) is 10.3 Å². The number of hydrogen-bond acceptors (Lipinski definition) is 6. The van der Waals surface area contributed by atoms with E-state index in [0.29, 0.717) is 16.4 Å². The van der Waals surface area contributed by atoms with Gasteiger partial charge < -0.3 is 9.47 Å². The molecule has 6 nitrogen and oxygen atoms in total. The molecule has 0 aliphatic carbocycles. The topological polar surface area (TPSA) is 77.5 Å². The van der Waals surface area contributed by atoms with Gasteiger partial charge in [-0.2, -0.15) is 0 Å². The fourth-order valence-electron chi connectivity index (χ4n) is 2.54. The predicted octanol–water partition coefficient (Wildman–Crippen LogP) is 3.72. The van der Waals surface area contributed by atoms with Crippen molar-refractivity contribution in [3.05, 3.63) is 53.1 Å². The quantitative estimate of drug-likeness (QED) is 0.693. The Morgan fingerprint density at radius 2 is 2.00 bits per heavy atom. The summed E-state index contributed by atoms with van der Waals surface area (Å²) in [4.78, 5) is 28.5. The molecule has 0 radical (unpaired) electrons. The SMILES string of the molecule is COc1cccc(C(=O)OCC(=O)Nc2nc3c(C)cc(C)cc3s2)c1. The zero-order chi connectivity index (χ0) is 18.7. The molecule has 7 heteroatoms. The summed E-state index contributed by atoms with van der Waals surface area (Å²) in [7, 11) is 1.51. The maximum absolute atomic E-state index is 12.1. The molecule has 0 fully saturated rings. The monoisotopic (exact) mass is 370 g/mol. The van der Waals surface area contributed by atoms with Crippen molar-refractivity contribution in [1.82, 2.24) is 4.98 Å². The normalized spacial score (nSPS) is 10.6. The minimum atomic E-state index is -0.588. The highest BCUT2D eigenvalue weighted by Crippen LogP contribution is 2.29. The van der Waals surface area contributed by atoms with Gasteiger partial charge in [0.05, 0.1) is 22.9 Å². The van der Waals surface area contributed by atoms with E-state index in [1.54, 1.807) is 24.3 Å². The highest BCUT2D eigenvalue weighted by atomic mass is 32.1. The minimum absolute atomic E-state index is 0.322. The molecule has 0 unspecified atom stereocenters. The average Bonchev–Trinajstić information content (AvgIpc) is 3.02. The third kappa shape index (κ3) is 4.00. The van der Waals surface area contributed by atoms with Crippen molar-refractivity contribution in [1.29, 1.82) is 0 Å². The van der Waals surface area contributed by atoms with E-state index in [0.717, 1.165) is 21.3 Å². The number of esters is 1. The number of amides is 1. The third-order valence-electron chi connectivity index (χ3n) is 3.72. The van der Waals surface area contributed by atoms with Gasteiger partial charge in [0.2, 0.25) is 0 Å². The van der Waals surface area contributed by atoms with Gasteiger partial charge in [-0.1, -0.05) is 23.5 Å². The fourth-order valence-corrected chi connectivity index (χ4v) is 3.60. The maximum Gasteiger partial charge on any atom is 0.338 e. The predicted molar refractivity (Wildman–Crippen MR) is 101 cm³/mol. The number of carbonyl (C=O) groups excluding carboxylic acids is 2. The Morgan fingerprint density at radius 1 is 1.19 bits per heavy atom. The summed E-state index contributed by atoms with van der Waals surface area (Å²) >= 11 is 1.39. The lowest BCUT2D eigenvalue weighted by Crippen LogP contribution is -2.20. The first-order valence-electron chi connectivity index (χ1n) is 7.95. The molecule has 0 aliphatic heterocycles. The molecule has 1 N–H and O–H groups in total. The van der Waals surface area contributed by atoms with E-state index >= 15 is 0 Å². The van der Waals surface area contributed by atoms with E-state index in [-0.39, 0.29) is 6.61 Å². The molecular weight excluding hydrogens is 352 g/mol. The second-order valence-electron chi connectivity index (χ2n) is 5.80. The Labute approximate surface area is 154 Å². The van der Waals surface area contributed by atoms with Gasteiger partial charge in [-0.25, -0.2) is 9.78 Å². The lowest BCUT2D eigenvalue weighted by molar-refractivity contribution is -0.119. The summed E-state index contributed by atoms with van der Waals surface area (Å²) in [6.07, 6.45) is 0. The lowest BCUT2D eigenvalue weighted by atomic mass is 10.1. The van der Waals surface area contributed by atoms with Gasteiger partial charge in [-0.05, 0) is 49.2 Å². The third-order valence-corrected chi connectivity index (χ3v) is 4.63. The number of benzene rings is 2. The van der Waals surface area contributed by atoms with Crippen molar-refractivity contribution in [2.45, 2.75) is 13.8 Å². The van der Waals surface area contributed by atoms with Crippen molar-refractivity contribution in [2.24, 2.45) is 0 Å². The van der Waals surface area contributed by atoms with E-state index in [1.165, 1.54) is 18.4 Å². The van der Waals surface area contributed by atoms with Gasteiger partial charge in [0, 0.05) is 0 Å². The standard InChI is InChI=1S/C19H18N2O4S/c1-11-7-12(2)17-15(8-11)26-19(21-17)20-16(22)10-25-18(23)13-5-4-6-14(9-13)24-3/h4-9H,10H2,1-3H3,(H,20,21,22). The van der Waals surface area contributed by atoms with Gasteiger partial charge >= 0.3 is 5.97 Å². The lowest BCUT2D eigenvalue weighted by Gasteiger charge is -2.06. The number of hydrogen-bond donors (Lipinski definition) is 1. The molecule has 0 atom stereocenters. The van der Waals surface area contributed by atoms with Crippen LogP contribution in [0.4, 0.5) is 5.13 Å². The molecule has 0 bridgehead atoms. The summed E-state index contributed by atoms with van der Waals surface area (Å²) in [6.45, 7) is 3.61. The molecule has 2 aromatic carbocycles. The molecule has 0 aliphatic rings. The molecule has 26 heavy (non-hydrogen) atoms. The molecule has 3 rings (SSSR count). The summed E-state index contributed by atoms with van der Waals surface area (Å²) in [5, 5.41) is 3.16. The zero-order valence-corrected chi connectivity index (χ0v) is 15.5. The van der Waals surface area contributed by atoms with Gasteiger partial charge in [0.15, 0.2) is 11.7 Å². The highest BCUT2D eigenvalue weighted by molar-refractivity contribution is 7.22. The van der Waals surface area contributed by atoms with Crippen LogP contribution in [0, 0.1) is 13.8 Å². The fraction of sp³-hybridized carbons (Fsp3) is 0.211. The Morgan fingerprint density at radius 3 is 2.77 bits per heavy atom. The van der Waals surface area contributed by atoms with Gasteiger partial charge in [0.1, 0.15) is 5.75 Å². The average molecular weight is 370 g/mol. The molecule has 0 saturated carbocycles. The number of thiazole rings is 1. The molecule has 0 saturated heterocycles. The molecular formula is C19H18N2O4S. The number of rotatable bonds is 5. The highest BCUT2D eigenvalue weighted by Gasteiger charge is 2.13. The van der Waals surface area contributed by atoms with Gasteiger partial charge in [-0.3, -0.25) is 10.1 Å². The van der Waals surface area contributed by atoms with Crippen molar-refractivity contribution < 1.29 is 19.1 Å². The van der Waals surface area contributed by atoms with Crippen LogP contribution in [0.2, 0.25) is 0 Å². The Hall–Kier alpha value is -2.93. The number of aromatic nitrogens is 1. The second kappa shape index (κ2) is 7.53. The Bertz CT molecular complexity index is 981. The van der Waals surface area contributed by atoms with Crippen LogP contribution in [-0.2, 0) is 9.53 Å². The zero-order valence-electron chi connectivity index (χ0n) is 14.7. The summed E-state index contributed by atoms with van der Waals surface area (Å²) in [5.41, 5.74) is 3.39. The molecule has 1 amide bonds. The number of aryl methyl sites for hydroxylation is 2. The molecule has 3 aromatic rings. The van der Waals surface area contributed by atoms with E-state index in [9.17, 15) is 9.59 Å². The number of carbonyl (C=O) groups is 2.